The molecule has 0 fully saturated rings. The van der Waals surface area contributed by atoms with Crippen LogP contribution in [-0.4, -0.2) is 40.8 Å². The van der Waals surface area contributed by atoms with Crippen LogP contribution in [0.25, 0.3) is 28.1 Å². The number of nitriles is 1. The van der Waals surface area contributed by atoms with Crippen LogP contribution in [0.4, 0.5) is 5.69 Å². The maximum Gasteiger partial charge on any atom is 0.164 e. The van der Waals surface area contributed by atoms with Gasteiger partial charge in [0.05, 0.1) is 24.0 Å². The lowest BCUT2D eigenvalue weighted by atomic mass is 10.1. The van der Waals surface area contributed by atoms with Crippen LogP contribution in [0.3, 0.4) is 0 Å². The van der Waals surface area contributed by atoms with Gasteiger partial charge in [-0.15, -0.1) is 5.10 Å². The van der Waals surface area contributed by atoms with Crippen LogP contribution in [0.15, 0.2) is 67.3 Å². The molecule has 0 saturated carbocycles. The van der Waals surface area contributed by atoms with Gasteiger partial charge in [-0.1, -0.05) is 35.5 Å². The SMILES string of the molecule is CC(C)Nc1cc(-n2ncc3cc(C#N)cnc32)ncc1-c1cn(C(C)c2ccccc2)nn1. The fraction of sp³-hybridized carbons (Fsp3) is 0.200. The summed E-state index contributed by atoms with van der Waals surface area (Å²) < 4.78 is 3.52. The van der Waals surface area contributed by atoms with Gasteiger partial charge in [-0.3, -0.25) is 0 Å². The Morgan fingerprint density at radius 1 is 1.00 bits per heavy atom. The summed E-state index contributed by atoms with van der Waals surface area (Å²) in [6, 6.07) is 16.2. The number of nitrogens with zero attached hydrogens (tertiary/aromatic N) is 8. The fourth-order valence-electron chi connectivity index (χ4n) is 3.82. The van der Waals surface area contributed by atoms with Crippen LogP contribution in [-0.2, 0) is 0 Å². The largest absolute Gasteiger partial charge is 0.382 e. The molecular weight excluding hydrogens is 426 g/mol. The Balaban J connectivity index is 1.53. The molecule has 5 rings (SSSR count). The number of rotatable bonds is 6. The van der Waals surface area contributed by atoms with E-state index in [4.69, 9.17) is 5.26 Å². The van der Waals surface area contributed by atoms with Crippen molar-refractivity contribution in [2.45, 2.75) is 32.9 Å². The van der Waals surface area contributed by atoms with Crippen molar-refractivity contribution in [3.8, 4) is 23.1 Å². The third-order valence-corrected chi connectivity index (χ3v) is 5.55. The highest BCUT2D eigenvalue weighted by molar-refractivity contribution is 5.79. The Morgan fingerprint density at radius 2 is 1.82 bits per heavy atom. The molecule has 0 spiro atoms. The molecule has 4 heterocycles. The lowest BCUT2D eigenvalue weighted by Crippen LogP contribution is -2.12. The zero-order chi connectivity index (χ0) is 23.7. The quantitative estimate of drug-likeness (QED) is 0.410. The van der Waals surface area contributed by atoms with Crippen molar-refractivity contribution in [2.24, 2.45) is 0 Å². The standard InChI is InChI=1S/C25H23N9/c1-16(2)30-22-10-24(34-25-20(13-29-34)9-18(11-26)12-28-25)27-14-21(22)23-15-33(32-31-23)17(3)19-7-5-4-6-8-19/h4-10,12-17H,1-3H3,(H,27,30). The minimum atomic E-state index is 0.0519. The number of fused-ring (bicyclic) bond motifs is 1. The molecule has 9 heteroatoms. The lowest BCUT2D eigenvalue weighted by Gasteiger charge is -2.15. The molecule has 34 heavy (non-hydrogen) atoms. The Hall–Kier alpha value is -4.58. The predicted octanol–water partition coefficient (Wildman–Crippen LogP) is 4.38. The van der Waals surface area contributed by atoms with Crippen LogP contribution < -0.4 is 5.32 Å². The van der Waals surface area contributed by atoms with E-state index in [0.717, 1.165) is 27.9 Å². The highest BCUT2D eigenvalue weighted by Crippen LogP contribution is 2.30. The lowest BCUT2D eigenvalue weighted by molar-refractivity contribution is 0.543. The van der Waals surface area contributed by atoms with Gasteiger partial charge >= 0.3 is 0 Å². The van der Waals surface area contributed by atoms with Crippen LogP contribution in [0.1, 0.15) is 37.9 Å². The minimum Gasteiger partial charge on any atom is -0.382 e. The Morgan fingerprint density at radius 3 is 2.59 bits per heavy atom. The van der Waals surface area contributed by atoms with E-state index in [1.54, 1.807) is 23.1 Å². The normalized spacial score (nSPS) is 12.1. The van der Waals surface area contributed by atoms with Crippen molar-refractivity contribution in [1.29, 1.82) is 5.26 Å². The summed E-state index contributed by atoms with van der Waals surface area (Å²) >= 11 is 0. The third kappa shape index (κ3) is 3.97. The zero-order valence-electron chi connectivity index (χ0n) is 19.1. The van der Waals surface area contributed by atoms with Crippen molar-refractivity contribution in [1.82, 2.24) is 34.7 Å². The predicted molar refractivity (Wildman–Crippen MR) is 129 cm³/mol. The van der Waals surface area contributed by atoms with Gasteiger partial charge in [0, 0.05) is 41.1 Å². The first-order chi connectivity index (χ1) is 16.5. The van der Waals surface area contributed by atoms with Gasteiger partial charge in [0.1, 0.15) is 11.8 Å². The molecule has 0 aliphatic heterocycles. The molecule has 1 N–H and O–H groups in total. The highest BCUT2D eigenvalue weighted by Gasteiger charge is 2.17. The molecule has 0 saturated heterocycles. The van der Waals surface area contributed by atoms with Crippen LogP contribution in [0, 0.1) is 11.3 Å². The van der Waals surface area contributed by atoms with E-state index in [-0.39, 0.29) is 12.1 Å². The first kappa shape index (κ1) is 21.3. The third-order valence-electron chi connectivity index (χ3n) is 5.55. The van der Waals surface area contributed by atoms with Crippen molar-refractivity contribution in [3.05, 3.63) is 78.4 Å². The maximum atomic E-state index is 9.13. The molecule has 0 radical (unpaired) electrons. The number of anilines is 1. The number of aromatic nitrogens is 7. The molecule has 4 aromatic heterocycles. The molecule has 1 aromatic carbocycles. The number of hydrogen-bond donors (Lipinski definition) is 1. The number of benzene rings is 1. The molecule has 9 nitrogen and oxygen atoms in total. The summed E-state index contributed by atoms with van der Waals surface area (Å²) in [5, 5.41) is 26.7. The smallest absolute Gasteiger partial charge is 0.164 e. The average Bonchev–Trinajstić information content (AvgIpc) is 3.51. The molecule has 0 amide bonds. The summed E-state index contributed by atoms with van der Waals surface area (Å²) in [7, 11) is 0. The molecule has 0 aliphatic carbocycles. The van der Waals surface area contributed by atoms with E-state index >= 15 is 0 Å². The summed E-state index contributed by atoms with van der Waals surface area (Å²) in [6.07, 6.45) is 6.94. The van der Waals surface area contributed by atoms with E-state index in [1.165, 1.54) is 6.20 Å². The number of pyridine rings is 2. The molecule has 0 aliphatic rings. The van der Waals surface area contributed by atoms with Crippen molar-refractivity contribution >= 4 is 16.7 Å². The number of nitrogens with one attached hydrogen (secondary N) is 1. The highest BCUT2D eigenvalue weighted by atomic mass is 15.4. The second-order valence-corrected chi connectivity index (χ2v) is 8.36. The van der Waals surface area contributed by atoms with E-state index in [9.17, 15) is 0 Å². The van der Waals surface area contributed by atoms with Gasteiger partial charge < -0.3 is 5.32 Å². The molecule has 1 unspecified atom stereocenters. The summed E-state index contributed by atoms with van der Waals surface area (Å²) in [5.74, 6) is 0.615. The molecule has 168 valence electrons. The van der Waals surface area contributed by atoms with Gasteiger partial charge in [0.2, 0.25) is 0 Å². The van der Waals surface area contributed by atoms with Crippen molar-refractivity contribution in [2.75, 3.05) is 5.32 Å². The van der Waals surface area contributed by atoms with Crippen molar-refractivity contribution < 1.29 is 0 Å². The van der Waals surface area contributed by atoms with E-state index in [0.29, 0.717) is 17.0 Å². The summed E-state index contributed by atoms with van der Waals surface area (Å²) in [6.45, 7) is 6.24. The second-order valence-electron chi connectivity index (χ2n) is 8.36. The first-order valence-corrected chi connectivity index (χ1v) is 11.0. The van der Waals surface area contributed by atoms with E-state index in [2.05, 4.69) is 69.7 Å². The number of hydrogen-bond acceptors (Lipinski definition) is 7. The van der Waals surface area contributed by atoms with Crippen molar-refractivity contribution in [3.63, 3.8) is 0 Å². The van der Waals surface area contributed by atoms with E-state index in [1.807, 2.05) is 35.1 Å². The van der Waals surface area contributed by atoms with Gasteiger partial charge in [0.25, 0.3) is 0 Å². The molecule has 5 aromatic rings. The monoisotopic (exact) mass is 449 g/mol. The topological polar surface area (TPSA) is 110 Å². The first-order valence-electron chi connectivity index (χ1n) is 11.0. The van der Waals surface area contributed by atoms with Gasteiger partial charge in [0.15, 0.2) is 11.5 Å². The maximum absolute atomic E-state index is 9.13. The zero-order valence-corrected chi connectivity index (χ0v) is 19.1. The second kappa shape index (κ2) is 8.75. The van der Waals surface area contributed by atoms with Gasteiger partial charge in [-0.05, 0) is 32.4 Å². The molecular formula is C25H23N9. The molecule has 1 atom stereocenters. The van der Waals surface area contributed by atoms with Crippen LogP contribution >= 0.6 is 0 Å². The average molecular weight is 450 g/mol. The van der Waals surface area contributed by atoms with Crippen LogP contribution in [0.5, 0.6) is 0 Å². The Bertz CT molecular complexity index is 1490. The van der Waals surface area contributed by atoms with Gasteiger partial charge in [-0.25, -0.2) is 14.6 Å². The fourth-order valence-corrected chi connectivity index (χ4v) is 3.82. The molecule has 0 bridgehead atoms. The minimum absolute atomic E-state index is 0.0519. The Kier molecular flexibility index (Phi) is 5.47. The van der Waals surface area contributed by atoms with Crippen LogP contribution in [0.2, 0.25) is 0 Å². The summed E-state index contributed by atoms with van der Waals surface area (Å²) in [4.78, 5) is 9.05. The van der Waals surface area contributed by atoms with Gasteiger partial charge in [-0.2, -0.15) is 15.0 Å². The Labute approximate surface area is 196 Å². The summed E-state index contributed by atoms with van der Waals surface area (Å²) in [5.41, 5.74) is 4.73. The van der Waals surface area contributed by atoms with E-state index < -0.39 is 0 Å².